The highest BCUT2D eigenvalue weighted by molar-refractivity contribution is 6.15. The lowest BCUT2D eigenvalue weighted by Crippen LogP contribution is -2.31. The minimum Gasteiger partial charge on any atom is -0.478 e. The van der Waals surface area contributed by atoms with E-state index in [9.17, 15) is 4.79 Å². The first-order valence-corrected chi connectivity index (χ1v) is 8.65. The van der Waals surface area contributed by atoms with Crippen LogP contribution in [0.4, 0.5) is 0 Å². The van der Waals surface area contributed by atoms with Gasteiger partial charge in [0.15, 0.2) is 5.76 Å². The molecular weight excluding hydrogens is 344 g/mol. The predicted molar refractivity (Wildman–Crippen MR) is 97.1 cm³/mol. The third-order valence-corrected chi connectivity index (χ3v) is 4.62. The van der Waals surface area contributed by atoms with Crippen molar-refractivity contribution in [1.29, 1.82) is 0 Å². The summed E-state index contributed by atoms with van der Waals surface area (Å²) in [4.78, 5) is 18.9. The van der Waals surface area contributed by atoms with E-state index in [-0.39, 0.29) is 5.78 Å². The number of ether oxygens (including phenoxy) is 2. The Balaban J connectivity index is 1.45. The van der Waals surface area contributed by atoms with Crippen LogP contribution in [0.2, 0.25) is 0 Å². The van der Waals surface area contributed by atoms with E-state index in [2.05, 4.69) is 9.88 Å². The molecule has 1 aromatic carbocycles. The van der Waals surface area contributed by atoms with Gasteiger partial charge in [-0.05, 0) is 42.0 Å². The van der Waals surface area contributed by atoms with Gasteiger partial charge < -0.3 is 13.9 Å². The van der Waals surface area contributed by atoms with Gasteiger partial charge in [-0.1, -0.05) is 6.07 Å². The number of rotatable bonds is 3. The zero-order chi connectivity index (χ0) is 18.2. The Morgan fingerprint density at radius 1 is 1.19 bits per heavy atom. The summed E-state index contributed by atoms with van der Waals surface area (Å²) in [6, 6.07) is 11.1. The number of furan rings is 1. The Morgan fingerprint density at radius 2 is 2.15 bits per heavy atom. The number of allylic oxidation sites excluding steroid dienone is 1. The monoisotopic (exact) mass is 360 g/mol. The number of carbonyl (C=O) groups excluding carboxylic acids is 1. The molecule has 0 saturated carbocycles. The molecule has 0 fully saturated rings. The molecular formula is C21H16N2O4. The molecule has 0 saturated heterocycles. The lowest BCUT2D eigenvalue weighted by atomic mass is 10.0. The van der Waals surface area contributed by atoms with Gasteiger partial charge >= 0.3 is 0 Å². The number of ketones is 1. The van der Waals surface area contributed by atoms with Crippen molar-refractivity contribution in [2.24, 2.45) is 0 Å². The lowest BCUT2D eigenvalue weighted by molar-refractivity contribution is 0.0810. The molecule has 0 bridgehead atoms. The molecule has 2 aromatic heterocycles. The quantitative estimate of drug-likeness (QED) is 0.665. The maximum Gasteiger partial charge on any atom is 0.231 e. The molecule has 134 valence electrons. The molecule has 27 heavy (non-hydrogen) atoms. The van der Waals surface area contributed by atoms with E-state index in [0.29, 0.717) is 36.9 Å². The number of fused-ring (bicyclic) bond motifs is 3. The topological polar surface area (TPSA) is 64.8 Å². The van der Waals surface area contributed by atoms with Gasteiger partial charge in [0.05, 0.1) is 23.9 Å². The van der Waals surface area contributed by atoms with E-state index >= 15 is 0 Å². The lowest BCUT2D eigenvalue weighted by Gasteiger charge is -2.29. The van der Waals surface area contributed by atoms with Gasteiger partial charge in [0.2, 0.25) is 5.78 Å². The highest BCUT2D eigenvalue weighted by Gasteiger charge is 2.33. The maximum atomic E-state index is 12.7. The normalized spacial score (nSPS) is 17.3. The first-order chi connectivity index (χ1) is 13.3. The van der Waals surface area contributed by atoms with Crippen molar-refractivity contribution in [1.82, 2.24) is 9.88 Å². The minimum atomic E-state index is -0.125. The molecule has 0 radical (unpaired) electrons. The fraction of sp³-hybridized carbons (Fsp3) is 0.143. The summed E-state index contributed by atoms with van der Waals surface area (Å²) in [7, 11) is 0. The molecule has 3 aromatic rings. The Kier molecular flexibility index (Phi) is 3.76. The number of nitrogens with zero attached hydrogens (tertiary/aromatic N) is 2. The summed E-state index contributed by atoms with van der Waals surface area (Å²) >= 11 is 0. The van der Waals surface area contributed by atoms with E-state index in [1.807, 2.05) is 30.3 Å². The number of benzene rings is 1. The van der Waals surface area contributed by atoms with Gasteiger partial charge in [-0.3, -0.25) is 14.7 Å². The minimum absolute atomic E-state index is 0.125. The van der Waals surface area contributed by atoms with Crippen LogP contribution in [-0.4, -0.2) is 22.4 Å². The highest BCUT2D eigenvalue weighted by Crippen LogP contribution is 2.42. The number of hydrogen-bond acceptors (Lipinski definition) is 6. The third kappa shape index (κ3) is 2.90. The van der Waals surface area contributed by atoms with Crippen molar-refractivity contribution < 1.29 is 18.7 Å². The molecule has 0 N–H and O–H groups in total. The number of hydrogen-bond donors (Lipinski definition) is 0. The maximum absolute atomic E-state index is 12.7. The zero-order valence-electron chi connectivity index (χ0n) is 14.4. The Labute approximate surface area is 155 Å². The second-order valence-electron chi connectivity index (χ2n) is 6.48. The molecule has 2 aliphatic rings. The van der Waals surface area contributed by atoms with Crippen molar-refractivity contribution in [2.75, 3.05) is 6.73 Å². The molecule has 0 spiro atoms. The van der Waals surface area contributed by atoms with Gasteiger partial charge in [-0.2, -0.15) is 0 Å². The second kappa shape index (κ2) is 6.41. The molecule has 0 unspecified atom stereocenters. The first-order valence-electron chi connectivity index (χ1n) is 8.65. The fourth-order valence-electron chi connectivity index (χ4n) is 3.34. The van der Waals surface area contributed by atoms with E-state index in [1.54, 1.807) is 30.8 Å². The SMILES string of the molecule is O=C1C(=Cc2cccnc2)Oc2c1ccc1c2CN(Cc2ccco2)CO1. The number of Topliss-reactive ketones (excluding diaryl/α,β-unsaturated/α-hetero) is 1. The number of aromatic nitrogens is 1. The molecule has 4 heterocycles. The largest absolute Gasteiger partial charge is 0.478 e. The zero-order valence-corrected chi connectivity index (χ0v) is 14.4. The molecule has 6 nitrogen and oxygen atoms in total. The van der Waals surface area contributed by atoms with Crippen LogP contribution in [0.3, 0.4) is 0 Å². The second-order valence-corrected chi connectivity index (χ2v) is 6.48. The standard InChI is InChI=1S/C21H16N2O4/c24-20-16-5-6-18-17(12-23(13-26-18)11-15-4-2-8-25-15)21(16)27-19(20)9-14-3-1-7-22-10-14/h1-10H,11-13H2. The summed E-state index contributed by atoms with van der Waals surface area (Å²) in [5, 5.41) is 0. The predicted octanol–water partition coefficient (Wildman–Crippen LogP) is 3.64. The van der Waals surface area contributed by atoms with Crippen LogP contribution in [0, 0.1) is 0 Å². The summed E-state index contributed by atoms with van der Waals surface area (Å²) in [5.41, 5.74) is 2.26. The average Bonchev–Trinajstić information content (AvgIpc) is 3.31. The average molecular weight is 360 g/mol. The van der Waals surface area contributed by atoms with Crippen LogP contribution in [0.25, 0.3) is 6.08 Å². The number of pyridine rings is 1. The molecule has 6 heteroatoms. The number of carbonyl (C=O) groups is 1. The Bertz CT molecular complexity index is 1030. The Hall–Kier alpha value is -3.38. The fourth-order valence-corrected chi connectivity index (χ4v) is 3.34. The summed E-state index contributed by atoms with van der Waals surface area (Å²) in [6.07, 6.45) is 6.75. The van der Waals surface area contributed by atoms with Crippen molar-refractivity contribution >= 4 is 11.9 Å². The Morgan fingerprint density at radius 3 is 2.96 bits per heavy atom. The van der Waals surface area contributed by atoms with Gasteiger partial charge in [0.25, 0.3) is 0 Å². The molecule has 5 rings (SSSR count). The van der Waals surface area contributed by atoms with Crippen molar-refractivity contribution in [3.63, 3.8) is 0 Å². The van der Waals surface area contributed by atoms with Crippen LogP contribution in [-0.2, 0) is 13.1 Å². The van der Waals surface area contributed by atoms with Gasteiger partial charge in [0.1, 0.15) is 24.0 Å². The molecule has 0 amide bonds. The van der Waals surface area contributed by atoms with E-state index < -0.39 is 0 Å². The van der Waals surface area contributed by atoms with Crippen LogP contribution in [0.15, 0.2) is 65.2 Å². The van der Waals surface area contributed by atoms with Gasteiger partial charge in [-0.15, -0.1) is 0 Å². The smallest absolute Gasteiger partial charge is 0.231 e. The van der Waals surface area contributed by atoms with E-state index in [1.165, 1.54) is 0 Å². The van der Waals surface area contributed by atoms with E-state index in [0.717, 1.165) is 22.6 Å². The van der Waals surface area contributed by atoms with Crippen molar-refractivity contribution in [3.8, 4) is 11.5 Å². The van der Waals surface area contributed by atoms with Gasteiger partial charge in [-0.25, -0.2) is 0 Å². The molecule has 0 aliphatic carbocycles. The molecule has 2 aliphatic heterocycles. The highest BCUT2D eigenvalue weighted by atomic mass is 16.5. The van der Waals surface area contributed by atoms with Gasteiger partial charge in [0, 0.05) is 18.9 Å². The summed E-state index contributed by atoms with van der Waals surface area (Å²) < 4.78 is 17.2. The third-order valence-electron chi connectivity index (χ3n) is 4.62. The van der Waals surface area contributed by atoms with Crippen molar-refractivity contribution in [2.45, 2.75) is 13.1 Å². The first kappa shape index (κ1) is 15.8. The molecule has 0 atom stereocenters. The van der Waals surface area contributed by atoms with Crippen LogP contribution in [0.5, 0.6) is 11.5 Å². The summed E-state index contributed by atoms with van der Waals surface area (Å²) in [6.45, 7) is 1.70. The van der Waals surface area contributed by atoms with Crippen LogP contribution < -0.4 is 9.47 Å². The van der Waals surface area contributed by atoms with Crippen LogP contribution in [0.1, 0.15) is 27.2 Å². The van der Waals surface area contributed by atoms with Crippen molar-refractivity contribution in [3.05, 3.63) is 83.3 Å². The van der Waals surface area contributed by atoms with E-state index in [4.69, 9.17) is 13.9 Å². The summed E-state index contributed by atoms with van der Waals surface area (Å²) in [5.74, 6) is 2.37. The van der Waals surface area contributed by atoms with Crippen LogP contribution >= 0.6 is 0 Å².